The van der Waals surface area contributed by atoms with Gasteiger partial charge in [-0.1, -0.05) is 0 Å². The minimum atomic E-state index is -1.16. The Morgan fingerprint density at radius 3 is 2.79 bits per heavy atom. The maximum Gasteiger partial charge on any atom is 0.327 e. The molecule has 2 unspecified atom stereocenters. The normalized spacial score (nSPS) is 13.1. The topological polar surface area (TPSA) is 96.3 Å². The Labute approximate surface area is 111 Å². The lowest BCUT2D eigenvalue weighted by molar-refractivity contribution is -0.139. The van der Waals surface area contributed by atoms with Crippen LogP contribution in [0, 0.1) is 12.3 Å². The summed E-state index contributed by atoms with van der Waals surface area (Å²) in [5.74, 6) is 1.05. The van der Waals surface area contributed by atoms with Crippen LogP contribution in [0.2, 0.25) is 0 Å². The summed E-state index contributed by atoms with van der Waals surface area (Å²) in [6.45, 7) is 2.34. The lowest BCUT2D eigenvalue weighted by Crippen LogP contribution is -2.49. The number of imidazole rings is 1. The molecular formula is C12H16N4O3. The first-order chi connectivity index (χ1) is 9.02. The lowest BCUT2D eigenvalue weighted by atomic mass is 10.2. The van der Waals surface area contributed by atoms with Gasteiger partial charge in [0.1, 0.15) is 6.04 Å². The van der Waals surface area contributed by atoms with Crippen molar-refractivity contribution in [2.24, 2.45) is 0 Å². The number of rotatable bonds is 6. The molecule has 1 rings (SSSR count). The highest BCUT2D eigenvalue weighted by Crippen LogP contribution is 1.94. The molecule has 0 bridgehead atoms. The first-order valence-electron chi connectivity index (χ1n) is 5.72. The van der Waals surface area contributed by atoms with E-state index in [1.54, 1.807) is 30.2 Å². The molecule has 0 aliphatic heterocycles. The second kappa shape index (κ2) is 7.06. The maximum atomic E-state index is 11.6. The highest BCUT2D eigenvalue weighted by Gasteiger charge is 2.19. The number of amides is 2. The number of hydrogen-bond acceptors (Lipinski definition) is 3. The van der Waals surface area contributed by atoms with Crippen molar-refractivity contribution < 1.29 is 14.7 Å². The van der Waals surface area contributed by atoms with Crippen molar-refractivity contribution in [2.75, 3.05) is 0 Å². The summed E-state index contributed by atoms with van der Waals surface area (Å²) in [7, 11) is 0. The molecular weight excluding hydrogens is 248 g/mol. The van der Waals surface area contributed by atoms with E-state index in [4.69, 9.17) is 11.5 Å². The summed E-state index contributed by atoms with van der Waals surface area (Å²) >= 11 is 0. The molecule has 7 nitrogen and oxygen atoms in total. The van der Waals surface area contributed by atoms with Gasteiger partial charge in [0.25, 0.3) is 0 Å². The molecule has 19 heavy (non-hydrogen) atoms. The lowest BCUT2D eigenvalue weighted by Gasteiger charge is -2.17. The Kier molecular flexibility index (Phi) is 5.41. The van der Waals surface area contributed by atoms with Crippen LogP contribution in [0.3, 0.4) is 0 Å². The van der Waals surface area contributed by atoms with Crippen LogP contribution in [-0.2, 0) is 11.3 Å². The molecule has 0 saturated heterocycles. The van der Waals surface area contributed by atoms with Gasteiger partial charge < -0.3 is 20.3 Å². The number of carbonyl (C=O) groups excluding carboxylic acids is 1. The van der Waals surface area contributed by atoms with E-state index in [9.17, 15) is 9.59 Å². The van der Waals surface area contributed by atoms with Crippen LogP contribution in [0.25, 0.3) is 0 Å². The summed E-state index contributed by atoms with van der Waals surface area (Å²) in [5, 5.41) is 13.8. The Morgan fingerprint density at radius 1 is 1.53 bits per heavy atom. The quantitative estimate of drug-likeness (QED) is 0.632. The van der Waals surface area contributed by atoms with Crippen LogP contribution in [0.5, 0.6) is 0 Å². The SMILES string of the molecule is C#CCC(NC(=O)NC(C)Cn1ccnc1)C(=O)O. The summed E-state index contributed by atoms with van der Waals surface area (Å²) in [4.78, 5) is 26.3. The molecule has 2 amide bonds. The molecule has 0 aliphatic rings. The van der Waals surface area contributed by atoms with Crippen molar-refractivity contribution in [3.8, 4) is 12.3 Å². The molecule has 0 aromatic carbocycles. The minimum absolute atomic E-state index is 0.0569. The first-order valence-corrected chi connectivity index (χ1v) is 5.72. The van der Waals surface area contributed by atoms with Gasteiger partial charge in [-0.2, -0.15) is 0 Å². The number of carboxylic acid groups (broad SMARTS) is 1. The molecule has 0 spiro atoms. The number of aliphatic carboxylic acids is 1. The molecule has 2 atom stereocenters. The van der Waals surface area contributed by atoms with Gasteiger partial charge in [0.2, 0.25) is 0 Å². The zero-order chi connectivity index (χ0) is 14.3. The molecule has 7 heteroatoms. The van der Waals surface area contributed by atoms with Crippen molar-refractivity contribution in [1.29, 1.82) is 0 Å². The number of aromatic nitrogens is 2. The first kappa shape index (κ1) is 14.6. The number of nitrogens with one attached hydrogen (secondary N) is 2. The molecule has 1 heterocycles. The third kappa shape index (κ3) is 5.12. The second-order valence-electron chi connectivity index (χ2n) is 4.08. The Balaban J connectivity index is 2.41. The zero-order valence-corrected chi connectivity index (χ0v) is 10.5. The van der Waals surface area contributed by atoms with Crippen LogP contribution in [0.1, 0.15) is 13.3 Å². The smallest absolute Gasteiger partial charge is 0.327 e. The van der Waals surface area contributed by atoms with E-state index in [1.807, 2.05) is 0 Å². The Hall–Kier alpha value is -2.49. The van der Waals surface area contributed by atoms with Gasteiger partial charge in [0.15, 0.2) is 0 Å². The fourth-order valence-corrected chi connectivity index (χ4v) is 1.50. The van der Waals surface area contributed by atoms with E-state index in [1.165, 1.54) is 0 Å². The van der Waals surface area contributed by atoms with E-state index >= 15 is 0 Å². The zero-order valence-electron chi connectivity index (χ0n) is 10.5. The van der Waals surface area contributed by atoms with E-state index in [0.29, 0.717) is 6.54 Å². The van der Waals surface area contributed by atoms with Gasteiger partial charge >= 0.3 is 12.0 Å². The van der Waals surface area contributed by atoms with E-state index in [-0.39, 0.29) is 12.5 Å². The van der Waals surface area contributed by atoms with Crippen LogP contribution in [0.15, 0.2) is 18.7 Å². The number of nitrogens with zero attached hydrogens (tertiary/aromatic N) is 2. The molecule has 0 radical (unpaired) electrons. The molecule has 102 valence electrons. The molecule has 1 aromatic heterocycles. The number of carboxylic acids is 1. The van der Waals surface area contributed by atoms with Crippen molar-refractivity contribution in [2.45, 2.75) is 32.0 Å². The molecule has 0 fully saturated rings. The van der Waals surface area contributed by atoms with Crippen molar-refractivity contribution in [1.82, 2.24) is 20.2 Å². The van der Waals surface area contributed by atoms with E-state index < -0.39 is 18.0 Å². The highest BCUT2D eigenvalue weighted by atomic mass is 16.4. The fraction of sp³-hybridized carbons (Fsp3) is 0.417. The standard InChI is InChI=1S/C12H16N4O3/c1-3-4-10(11(17)18)15-12(19)14-9(2)7-16-6-5-13-8-16/h1,5-6,8-10H,4,7H2,2H3,(H,17,18)(H2,14,15,19). The monoisotopic (exact) mass is 264 g/mol. The third-order valence-electron chi connectivity index (χ3n) is 2.35. The molecule has 3 N–H and O–H groups in total. The number of urea groups is 1. The van der Waals surface area contributed by atoms with Gasteiger partial charge in [-0.3, -0.25) is 0 Å². The van der Waals surface area contributed by atoms with Crippen molar-refractivity contribution in [3.63, 3.8) is 0 Å². The minimum Gasteiger partial charge on any atom is -0.480 e. The van der Waals surface area contributed by atoms with Gasteiger partial charge in [-0.25, -0.2) is 14.6 Å². The predicted molar refractivity (Wildman–Crippen MR) is 68.2 cm³/mol. The summed E-state index contributed by atoms with van der Waals surface area (Å²) in [6.07, 6.45) is 10.0. The van der Waals surface area contributed by atoms with Gasteiger partial charge in [-0.05, 0) is 6.92 Å². The van der Waals surface area contributed by atoms with Gasteiger partial charge in [0.05, 0.1) is 6.33 Å². The predicted octanol–water partition coefficient (Wildman–Crippen LogP) is 0.0473. The second-order valence-corrected chi connectivity index (χ2v) is 4.08. The summed E-state index contributed by atoms with van der Waals surface area (Å²) in [5.41, 5.74) is 0. The van der Waals surface area contributed by atoms with Crippen LogP contribution >= 0.6 is 0 Å². The van der Waals surface area contributed by atoms with Crippen LogP contribution < -0.4 is 10.6 Å². The van der Waals surface area contributed by atoms with Crippen molar-refractivity contribution in [3.05, 3.63) is 18.7 Å². The van der Waals surface area contributed by atoms with Crippen LogP contribution in [-0.4, -0.2) is 38.7 Å². The summed E-state index contributed by atoms with van der Waals surface area (Å²) in [6, 6.07) is -1.81. The highest BCUT2D eigenvalue weighted by molar-refractivity contribution is 5.82. The number of terminal acetylenes is 1. The molecule has 1 aromatic rings. The van der Waals surface area contributed by atoms with Gasteiger partial charge in [-0.15, -0.1) is 12.3 Å². The number of hydrogen-bond donors (Lipinski definition) is 3. The van der Waals surface area contributed by atoms with E-state index in [0.717, 1.165) is 0 Å². The Bertz CT molecular complexity index is 464. The average molecular weight is 264 g/mol. The molecule has 0 saturated carbocycles. The number of carbonyl (C=O) groups is 2. The van der Waals surface area contributed by atoms with Gasteiger partial charge in [0, 0.05) is 31.4 Å². The largest absolute Gasteiger partial charge is 0.480 e. The van der Waals surface area contributed by atoms with E-state index in [2.05, 4.69) is 21.5 Å². The maximum absolute atomic E-state index is 11.6. The third-order valence-corrected chi connectivity index (χ3v) is 2.35. The summed E-state index contributed by atoms with van der Waals surface area (Å²) < 4.78 is 1.81. The average Bonchev–Trinajstić information content (AvgIpc) is 2.80. The van der Waals surface area contributed by atoms with Crippen LogP contribution in [0.4, 0.5) is 4.79 Å². The fourth-order valence-electron chi connectivity index (χ4n) is 1.50. The van der Waals surface area contributed by atoms with Crippen molar-refractivity contribution >= 4 is 12.0 Å². The molecule has 0 aliphatic carbocycles. The Morgan fingerprint density at radius 2 is 2.26 bits per heavy atom.